The highest BCUT2D eigenvalue weighted by Crippen LogP contribution is 2.39. The lowest BCUT2D eigenvalue weighted by Crippen LogP contribution is -2.46. The van der Waals surface area contributed by atoms with Crippen molar-refractivity contribution in [2.24, 2.45) is 0 Å². The van der Waals surface area contributed by atoms with Crippen LogP contribution in [-0.4, -0.2) is 22.4 Å². The zero-order valence-corrected chi connectivity index (χ0v) is 19.1. The molecule has 1 atom stereocenters. The fourth-order valence-electron chi connectivity index (χ4n) is 3.80. The van der Waals surface area contributed by atoms with E-state index in [0.29, 0.717) is 11.7 Å². The quantitative estimate of drug-likeness (QED) is 0.358. The summed E-state index contributed by atoms with van der Waals surface area (Å²) in [5, 5.41) is 9.30. The highest BCUT2D eigenvalue weighted by atomic mass is 32.2. The van der Waals surface area contributed by atoms with Crippen molar-refractivity contribution in [3.05, 3.63) is 89.3 Å². The van der Waals surface area contributed by atoms with Crippen LogP contribution in [0.3, 0.4) is 0 Å². The SMILES string of the molecule is CSc1ccc(N2C(=O)NC(c3ccccc3)C(c3nc(-c4cccs4)no3)=C2C)cc1. The lowest BCUT2D eigenvalue weighted by Gasteiger charge is -2.35. The molecule has 8 heteroatoms. The van der Waals surface area contributed by atoms with E-state index in [1.807, 2.05) is 85.3 Å². The molecular formula is C24H20N4O2S2. The molecule has 1 N–H and O–H groups in total. The topological polar surface area (TPSA) is 71.3 Å². The normalized spacial score (nSPS) is 16.4. The number of hydrogen-bond acceptors (Lipinski definition) is 6. The Hall–Kier alpha value is -3.36. The molecule has 0 aliphatic carbocycles. The van der Waals surface area contributed by atoms with Crippen molar-refractivity contribution < 1.29 is 9.32 Å². The van der Waals surface area contributed by atoms with Crippen LogP contribution < -0.4 is 10.2 Å². The molecule has 1 aliphatic heterocycles. The van der Waals surface area contributed by atoms with E-state index in [1.165, 1.54) is 0 Å². The zero-order chi connectivity index (χ0) is 22.1. The van der Waals surface area contributed by atoms with Gasteiger partial charge in [0.15, 0.2) is 0 Å². The number of thioether (sulfide) groups is 1. The van der Waals surface area contributed by atoms with Crippen LogP contribution in [0.1, 0.15) is 24.4 Å². The summed E-state index contributed by atoms with van der Waals surface area (Å²) >= 11 is 3.21. The van der Waals surface area contributed by atoms with Crippen molar-refractivity contribution in [1.29, 1.82) is 0 Å². The molecule has 160 valence electrons. The monoisotopic (exact) mass is 460 g/mol. The number of carbonyl (C=O) groups is 1. The molecule has 0 bridgehead atoms. The van der Waals surface area contributed by atoms with E-state index in [1.54, 1.807) is 28.0 Å². The van der Waals surface area contributed by atoms with E-state index in [4.69, 9.17) is 4.52 Å². The molecule has 1 unspecified atom stereocenters. The first kappa shape index (κ1) is 20.5. The molecule has 0 spiro atoms. The second-order valence-corrected chi connectivity index (χ2v) is 9.05. The molecular weight excluding hydrogens is 440 g/mol. The summed E-state index contributed by atoms with van der Waals surface area (Å²) in [4.78, 5) is 21.6. The first-order chi connectivity index (χ1) is 15.7. The Morgan fingerprint density at radius 2 is 1.84 bits per heavy atom. The van der Waals surface area contributed by atoms with Crippen molar-refractivity contribution >= 4 is 40.4 Å². The number of nitrogens with zero attached hydrogens (tertiary/aromatic N) is 3. The summed E-state index contributed by atoms with van der Waals surface area (Å²) in [6.07, 6.45) is 2.02. The number of anilines is 1. The number of urea groups is 1. The maximum absolute atomic E-state index is 13.2. The highest BCUT2D eigenvalue weighted by Gasteiger charge is 2.36. The van der Waals surface area contributed by atoms with Gasteiger partial charge in [0.1, 0.15) is 0 Å². The first-order valence-electron chi connectivity index (χ1n) is 10.0. The van der Waals surface area contributed by atoms with Gasteiger partial charge >= 0.3 is 6.03 Å². The van der Waals surface area contributed by atoms with Crippen LogP contribution in [0.4, 0.5) is 10.5 Å². The second-order valence-electron chi connectivity index (χ2n) is 7.23. The summed E-state index contributed by atoms with van der Waals surface area (Å²) in [5.41, 5.74) is 3.25. The van der Waals surface area contributed by atoms with Crippen LogP contribution in [-0.2, 0) is 0 Å². The molecule has 2 amide bonds. The lowest BCUT2D eigenvalue weighted by molar-refractivity contribution is 0.244. The van der Waals surface area contributed by atoms with E-state index >= 15 is 0 Å². The van der Waals surface area contributed by atoms with Gasteiger partial charge in [-0.25, -0.2) is 4.79 Å². The number of aromatic nitrogens is 2. The van der Waals surface area contributed by atoms with Crippen LogP contribution in [0.15, 0.2) is 87.2 Å². The third-order valence-corrected chi connectivity index (χ3v) is 6.96. The van der Waals surface area contributed by atoms with E-state index < -0.39 is 6.04 Å². The van der Waals surface area contributed by atoms with Gasteiger partial charge in [-0.1, -0.05) is 41.6 Å². The Balaban J connectivity index is 1.64. The molecule has 6 nitrogen and oxygen atoms in total. The van der Waals surface area contributed by atoms with Crippen LogP contribution in [0.5, 0.6) is 0 Å². The minimum atomic E-state index is -0.401. The van der Waals surface area contributed by atoms with Gasteiger partial charge in [-0.2, -0.15) is 4.98 Å². The summed E-state index contributed by atoms with van der Waals surface area (Å²) in [6, 6.07) is 21.0. The number of allylic oxidation sites excluding steroid dienone is 1. The summed E-state index contributed by atoms with van der Waals surface area (Å²) in [5.74, 6) is 0.931. The molecule has 3 heterocycles. The van der Waals surface area contributed by atoms with E-state index in [2.05, 4.69) is 15.5 Å². The molecule has 0 saturated heterocycles. The average molecular weight is 461 g/mol. The van der Waals surface area contributed by atoms with Crippen LogP contribution in [0.25, 0.3) is 16.3 Å². The fourth-order valence-corrected chi connectivity index (χ4v) is 4.85. The largest absolute Gasteiger partial charge is 0.334 e. The number of hydrogen-bond donors (Lipinski definition) is 1. The van der Waals surface area contributed by atoms with Crippen molar-refractivity contribution in [2.75, 3.05) is 11.2 Å². The average Bonchev–Trinajstić information content (AvgIpc) is 3.52. The van der Waals surface area contributed by atoms with Crippen LogP contribution in [0, 0.1) is 0 Å². The maximum atomic E-state index is 13.2. The zero-order valence-electron chi connectivity index (χ0n) is 17.5. The maximum Gasteiger partial charge on any atom is 0.326 e. The predicted molar refractivity (Wildman–Crippen MR) is 129 cm³/mol. The second kappa shape index (κ2) is 8.64. The number of carbonyl (C=O) groups excluding carboxylic acids is 1. The van der Waals surface area contributed by atoms with Gasteiger partial charge < -0.3 is 9.84 Å². The summed E-state index contributed by atoms with van der Waals surface area (Å²) in [7, 11) is 0. The van der Waals surface area contributed by atoms with Gasteiger partial charge in [0.25, 0.3) is 5.89 Å². The minimum absolute atomic E-state index is 0.199. The Morgan fingerprint density at radius 1 is 1.06 bits per heavy atom. The molecule has 4 aromatic rings. The van der Waals surface area contributed by atoms with Gasteiger partial charge in [0.05, 0.1) is 22.2 Å². The first-order valence-corrected chi connectivity index (χ1v) is 12.1. The molecule has 5 rings (SSSR count). The van der Waals surface area contributed by atoms with Crippen molar-refractivity contribution in [3.8, 4) is 10.7 Å². The molecule has 1 aliphatic rings. The summed E-state index contributed by atoms with van der Waals surface area (Å²) in [6.45, 7) is 1.92. The molecule has 0 fully saturated rings. The highest BCUT2D eigenvalue weighted by molar-refractivity contribution is 7.98. The van der Waals surface area contributed by atoms with Gasteiger partial charge in [0.2, 0.25) is 5.82 Å². The van der Waals surface area contributed by atoms with E-state index in [9.17, 15) is 4.79 Å². The predicted octanol–water partition coefficient (Wildman–Crippen LogP) is 6.22. The minimum Gasteiger partial charge on any atom is -0.334 e. The van der Waals surface area contributed by atoms with Gasteiger partial charge in [-0.05, 0) is 54.5 Å². The van der Waals surface area contributed by atoms with Gasteiger partial charge in [-0.3, -0.25) is 4.90 Å². The Labute approximate surface area is 194 Å². The van der Waals surface area contributed by atoms with E-state index in [0.717, 1.165) is 32.3 Å². The van der Waals surface area contributed by atoms with E-state index in [-0.39, 0.29) is 6.03 Å². The molecule has 2 aromatic heterocycles. The van der Waals surface area contributed by atoms with Crippen molar-refractivity contribution in [3.63, 3.8) is 0 Å². The number of amides is 2. The third kappa shape index (κ3) is 3.72. The third-order valence-electron chi connectivity index (χ3n) is 5.35. The number of benzene rings is 2. The Kier molecular flexibility index (Phi) is 5.55. The molecule has 0 radical (unpaired) electrons. The Morgan fingerprint density at radius 3 is 2.53 bits per heavy atom. The van der Waals surface area contributed by atoms with Crippen LogP contribution in [0.2, 0.25) is 0 Å². The smallest absolute Gasteiger partial charge is 0.326 e. The van der Waals surface area contributed by atoms with Crippen molar-refractivity contribution in [1.82, 2.24) is 15.5 Å². The molecule has 0 saturated carbocycles. The number of thiophene rings is 1. The fraction of sp³-hybridized carbons (Fsp3) is 0.125. The number of rotatable bonds is 5. The Bertz CT molecular complexity index is 1270. The van der Waals surface area contributed by atoms with Crippen LogP contribution >= 0.6 is 23.1 Å². The van der Waals surface area contributed by atoms with Gasteiger partial charge in [0, 0.05) is 10.6 Å². The molecule has 2 aromatic carbocycles. The van der Waals surface area contributed by atoms with Crippen molar-refractivity contribution in [2.45, 2.75) is 17.9 Å². The molecule has 32 heavy (non-hydrogen) atoms. The number of nitrogens with one attached hydrogen (secondary N) is 1. The standard InChI is InChI=1S/C24H20N4O2S2/c1-15-20(23-26-22(27-30-23)19-9-6-14-32-19)21(16-7-4-3-5-8-16)25-24(29)28(15)17-10-12-18(31-2)13-11-17/h3-14,21H,1-2H3,(H,25,29). The van der Waals surface area contributed by atoms with Gasteiger partial charge in [-0.15, -0.1) is 23.1 Å². The lowest BCUT2D eigenvalue weighted by atomic mass is 9.94. The summed E-state index contributed by atoms with van der Waals surface area (Å²) < 4.78 is 5.71.